The highest BCUT2D eigenvalue weighted by molar-refractivity contribution is 5.85. The van der Waals surface area contributed by atoms with Crippen molar-refractivity contribution in [3.63, 3.8) is 0 Å². The Morgan fingerprint density at radius 1 is 1.33 bits per heavy atom. The largest absolute Gasteiger partial charge is 0.380 e. The van der Waals surface area contributed by atoms with Crippen LogP contribution in [0.3, 0.4) is 0 Å². The first-order valence-corrected chi connectivity index (χ1v) is 6.84. The van der Waals surface area contributed by atoms with Crippen molar-refractivity contribution in [1.29, 1.82) is 0 Å². The summed E-state index contributed by atoms with van der Waals surface area (Å²) >= 11 is 0. The number of benzene rings is 1. The topological polar surface area (TPSA) is 59.6 Å². The van der Waals surface area contributed by atoms with Crippen LogP contribution in [-0.2, 0) is 27.4 Å². The van der Waals surface area contributed by atoms with E-state index in [1.165, 1.54) is 0 Å². The van der Waals surface area contributed by atoms with E-state index in [1.807, 2.05) is 24.3 Å². The molecule has 1 saturated heterocycles. The van der Waals surface area contributed by atoms with Crippen molar-refractivity contribution in [3.8, 4) is 0 Å². The molecule has 21 heavy (non-hydrogen) atoms. The van der Waals surface area contributed by atoms with Crippen LogP contribution >= 0.6 is 12.4 Å². The number of carbonyl (C=O) groups is 1. The minimum atomic E-state index is -0.158. The minimum Gasteiger partial charge on any atom is -0.380 e. The fraction of sp³-hybridized carbons (Fsp3) is 0.533. The van der Waals surface area contributed by atoms with Gasteiger partial charge in [0.25, 0.3) is 0 Å². The first kappa shape index (κ1) is 17.9. The molecule has 2 N–H and O–H groups in total. The second-order valence-electron chi connectivity index (χ2n) is 4.97. The highest BCUT2D eigenvalue weighted by Gasteiger charge is 2.28. The summed E-state index contributed by atoms with van der Waals surface area (Å²) in [5.74, 6) is 0.0248. The lowest BCUT2D eigenvalue weighted by Crippen LogP contribution is -2.40. The quantitative estimate of drug-likeness (QED) is 0.829. The third-order valence-corrected chi connectivity index (χ3v) is 3.61. The van der Waals surface area contributed by atoms with Crippen LogP contribution < -0.4 is 10.6 Å². The summed E-state index contributed by atoms with van der Waals surface area (Å²) in [6.45, 7) is 1.81. The zero-order chi connectivity index (χ0) is 14.4. The van der Waals surface area contributed by atoms with Crippen LogP contribution in [0.5, 0.6) is 0 Å². The SMILES string of the molecule is COCc1ccccc1CNC(=O)[C@@H]1C[C@H](OC)CN1.Cl. The number of hydrogen-bond donors (Lipinski definition) is 2. The van der Waals surface area contributed by atoms with E-state index in [-0.39, 0.29) is 30.5 Å². The minimum absolute atomic E-state index is 0. The molecule has 6 heteroatoms. The van der Waals surface area contributed by atoms with E-state index in [0.29, 0.717) is 13.2 Å². The Morgan fingerprint density at radius 3 is 2.67 bits per heavy atom. The Hall–Kier alpha value is -1.14. The number of hydrogen-bond acceptors (Lipinski definition) is 4. The van der Waals surface area contributed by atoms with E-state index in [1.54, 1.807) is 14.2 Å². The number of ether oxygens (including phenoxy) is 2. The molecule has 2 rings (SSSR count). The maximum absolute atomic E-state index is 12.1. The molecule has 1 fully saturated rings. The zero-order valence-electron chi connectivity index (χ0n) is 12.4. The molecular weight excluding hydrogens is 292 g/mol. The van der Waals surface area contributed by atoms with Crippen LogP contribution in [0.1, 0.15) is 17.5 Å². The maximum Gasteiger partial charge on any atom is 0.237 e. The van der Waals surface area contributed by atoms with Crippen LogP contribution in [0.25, 0.3) is 0 Å². The van der Waals surface area contributed by atoms with Crippen molar-refractivity contribution in [1.82, 2.24) is 10.6 Å². The summed E-state index contributed by atoms with van der Waals surface area (Å²) in [4.78, 5) is 12.1. The summed E-state index contributed by atoms with van der Waals surface area (Å²) in [6, 6.07) is 7.81. The van der Waals surface area contributed by atoms with Crippen LogP contribution in [0, 0.1) is 0 Å². The lowest BCUT2D eigenvalue weighted by Gasteiger charge is -2.13. The molecule has 2 atom stereocenters. The van der Waals surface area contributed by atoms with Gasteiger partial charge in [0.2, 0.25) is 5.91 Å². The Morgan fingerprint density at radius 2 is 2.05 bits per heavy atom. The van der Waals surface area contributed by atoms with Gasteiger partial charge in [-0.05, 0) is 17.5 Å². The molecule has 1 heterocycles. The molecule has 0 bridgehead atoms. The predicted octanol–water partition coefficient (Wildman–Crippen LogP) is 1.25. The first-order chi connectivity index (χ1) is 9.74. The van der Waals surface area contributed by atoms with Gasteiger partial charge in [-0.2, -0.15) is 0 Å². The van der Waals surface area contributed by atoms with Gasteiger partial charge in [-0.1, -0.05) is 24.3 Å². The Bertz CT molecular complexity index is 456. The summed E-state index contributed by atoms with van der Waals surface area (Å²) in [7, 11) is 3.34. The number of rotatable bonds is 6. The van der Waals surface area contributed by atoms with Gasteiger partial charge in [0.15, 0.2) is 0 Å². The highest BCUT2D eigenvalue weighted by atomic mass is 35.5. The number of halogens is 1. The second kappa shape index (κ2) is 9.00. The van der Waals surface area contributed by atoms with E-state index in [4.69, 9.17) is 9.47 Å². The van der Waals surface area contributed by atoms with Crippen molar-refractivity contribution in [2.45, 2.75) is 31.7 Å². The van der Waals surface area contributed by atoms with Crippen molar-refractivity contribution >= 4 is 18.3 Å². The molecule has 5 nitrogen and oxygen atoms in total. The standard InChI is InChI=1S/C15H22N2O3.ClH/c1-19-10-12-6-4-3-5-11(12)8-17-15(18)14-7-13(20-2)9-16-14;/h3-6,13-14,16H,7-10H2,1-2H3,(H,17,18);1H/t13-,14-;/m0./s1. The lowest BCUT2D eigenvalue weighted by molar-refractivity contribution is -0.123. The normalized spacial score (nSPS) is 20.9. The maximum atomic E-state index is 12.1. The molecule has 0 unspecified atom stereocenters. The number of methoxy groups -OCH3 is 2. The van der Waals surface area contributed by atoms with Gasteiger partial charge in [0.1, 0.15) is 0 Å². The highest BCUT2D eigenvalue weighted by Crippen LogP contribution is 2.12. The fourth-order valence-corrected chi connectivity index (χ4v) is 2.41. The van der Waals surface area contributed by atoms with E-state index in [9.17, 15) is 4.79 Å². The summed E-state index contributed by atoms with van der Waals surface area (Å²) in [5.41, 5.74) is 2.19. The Kier molecular flexibility index (Phi) is 7.67. The molecule has 0 spiro atoms. The number of nitrogens with one attached hydrogen (secondary N) is 2. The van der Waals surface area contributed by atoms with Gasteiger partial charge in [-0.15, -0.1) is 12.4 Å². The van der Waals surface area contributed by atoms with Gasteiger partial charge >= 0.3 is 0 Å². The molecule has 0 saturated carbocycles. The van der Waals surface area contributed by atoms with Gasteiger partial charge < -0.3 is 20.1 Å². The van der Waals surface area contributed by atoms with Gasteiger partial charge in [-0.3, -0.25) is 4.79 Å². The Labute approximate surface area is 131 Å². The zero-order valence-corrected chi connectivity index (χ0v) is 13.2. The van der Waals surface area contributed by atoms with Crippen LogP contribution in [0.4, 0.5) is 0 Å². The van der Waals surface area contributed by atoms with Crippen molar-refractivity contribution < 1.29 is 14.3 Å². The average molecular weight is 315 g/mol. The molecule has 0 aromatic heterocycles. The summed E-state index contributed by atoms with van der Waals surface area (Å²) < 4.78 is 10.4. The van der Waals surface area contributed by atoms with Crippen LogP contribution in [-0.4, -0.2) is 38.8 Å². The van der Waals surface area contributed by atoms with Gasteiger partial charge in [0.05, 0.1) is 18.8 Å². The molecule has 1 amide bonds. The molecule has 1 aromatic carbocycles. The monoisotopic (exact) mass is 314 g/mol. The summed E-state index contributed by atoms with van der Waals surface area (Å²) in [5, 5.41) is 6.14. The third-order valence-electron chi connectivity index (χ3n) is 3.61. The van der Waals surface area contributed by atoms with E-state index >= 15 is 0 Å². The third kappa shape index (κ3) is 4.97. The molecular formula is C15H23ClN2O3. The smallest absolute Gasteiger partial charge is 0.237 e. The molecule has 1 aliphatic rings. The van der Waals surface area contributed by atoms with Crippen molar-refractivity contribution in [3.05, 3.63) is 35.4 Å². The molecule has 0 radical (unpaired) electrons. The molecule has 1 aliphatic heterocycles. The second-order valence-corrected chi connectivity index (χ2v) is 4.97. The van der Waals surface area contributed by atoms with Crippen LogP contribution in [0.2, 0.25) is 0 Å². The molecule has 118 valence electrons. The molecule has 1 aromatic rings. The lowest BCUT2D eigenvalue weighted by atomic mass is 10.1. The van der Waals surface area contributed by atoms with Gasteiger partial charge in [-0.25, -0.2) is 0 Å². The van der Waals surface area contributed by atoms with E-state index in [0.717, 1.165) is 24.1 Å². The fourth-order valence-electron chi connectivity index (χ4n) is 2.41. The number of amides is 1. The average Bonchev–Trinajstić information content (AvgIpc) is 2.95. The van der Waals surface area contributed by atoms with Gasteiger partial charge in [0, 0.05) is 27.3 Å². The van der Waals surface area contributed by atoms with E-state index in [2.05, 4.69) is 10.6 Å². The van der Waals surface area contributed by atoms with Crippen molar-refractivity contribution in [2.24, 2.45) is 0 Å². The summed E-state index contributed by atoms with van der Waals surface area (Å²) in [6.07, 6.45) is 0.855. The predicted molar refractivity (Wildman–Crippen MR) is 83.5 cm³/mol. The Balaban J connectivity index is 0.00000220. The van der Waals surface area contributed by atoms with Crippen LogP contribution in [0.15, 0.2) is 24.3 Å². The first-order valence-electron chi connectivity index (χ1n) is 6.84. The molecule has 0 aliphatic carbocycles. The van der Waals surface area contributed by atoms with Crippen molar-refractivity contribution in [2.75, 3.05) is 20.8 Å². The van der Waals surface area contributed by atoms with E-state index < -0.39 is 0 Å². The number of carbonyl (C=O) groups excluding carboxylic acids is 1.